The van der Waals surface area contributed by atoms with E-state index in [4.69, 9.17) is 23.6 Å². The number of unbranched alkanes of at least 4 members (excludes halogenated alkanes) is 28. The van der Waals surface area contributed by atoms with Crippen molar-refractivity contribution in [1.82, 2.24) is 0 Å². The van der Waals surface area contributed by atoms with Crippen molar-refractivity contribution in [2.75, 3.05) is 26.4 Å². The first-order valence-electron chi connectivity index (χ1n) is 26.6. The van der Waals surface area contributed by atoms with Crippen LogP contribution in [0, 0.1) is 0 Å². The number of hydrogen-bond donors (Lipinski definition) is 3. The van der Waals surface area contributed by atoms with Crippen LogP contribution < -0.4 is 0 Å². The largest absolute Gasteiger partial charge is 0.472 e. The third kappa shape index (κ3) is 49.7. The Labute approximate surface area is 398 Å². The molecule has 0 spiro atoms. The fourth-order valence-electron chi connectivity index (χ4n) is 7.40. The highest BCUT2D eigenvalue weighted by molar-refractivity contribution is 7.47. The standard InChI is InChI=1S/C54H99O10P/c1-3-5-7-9-11-13-15-17-19-21-23-25-27-29-31-33-35-37-39-41-43-45-53(57)61-49-52(50-63-65(59,60)62-48-51(56)47-55)64-54(58)46-44-42-40-38-36-34-32-30-28-26-24-22-20-18-16-14-12-10-8-6-4-2/h19,21,25,27,31,33,37,39,51-52,55-56H,3-18,20,22-24,26,28-30,32,34-36,38,40-50H2,1-2H3,(H,59,60)/b21-19+,27-25+,33-31+,39-37+/t51-,52+/m0/s1. The predicted molar refractivity (Wildman–Crippen MR) is 270 cm³/mol. The number of aliphatic hydroxyl groups is 2. The molecule has 10 nitrogen and oxygen atoms in total. The Kier molecular flexibility index (Phi) is 48.2. The molecule has 65 heavy (non-hydrogen) atoms. The highest BCUT2D eigenvalue weighted by Gasteiger charge is 2.27. The van der Waals surface area contributed by atoms with Gasteiger partial charge in [-0.05, 0) is 51.4 Å². The number of rotatable bonds is 50. The molecule has 1 unspecified atom stereocenters. The van der Waals surface area contributed by atoms with Crippen molar-refractivity contribution in [2.45, 2.75) is 257 Å². The molecule has 0 aliphatic rings. The minimum Gasteiger partial charge on any atom is -0.462 e. The number of hydrogen-bond acceptors (Lipinski definition) is 9. The van der Waals surface area contributed by atoms with Gasteiger partial charge in [0.25, 0.3) is 0 Å². The van der Waals surface area contributed by atoms with Gasteiger partial charge in [-0.15, -0.1) is 0 Å². The molecule has 0 aromatic heterocycles. The van der Waals surface area contributed by atoms with E-state index in [-0.39, 0.29) is 19.4 Å². The Balaban J connectivity index is 4.23. The van der Waals surface area contributed by atoms with Gasteiger partial charge in [0.1, 0.15) is 12.7 Å². The Morgan fingerprint density at radius 1 is 0.462 bits per heavy atom. The molecule has 0 radical (unpaired) electrons. The lowest BCUT2D eigenvalue weighted by Crippen LogP contribution is -2.29. The van der Waals surface area contributed by atoms with E-state index in [0.717, 1.165) is 38.5 Å². The molecule has 0 bridgehead atoms. The van der Waals surface area contributed by atoms with Crippen LogP contribution in [0.4, 0.5) is 0 Å². The first-order chi connectivity index (χ1) is 31.7. The SMILES string of the molecule is CCCCCCCCC/C=C/C/C=C/C/C=C/C/C=C/CCCC(=O)OC[C@H](COP(=O)(O)OC[C@@H](O)CO)OC(=O)CCCCCCCCCCCCCCCCCCCCCCC. The lowest BCUT2D eigenvalue weighted by molar-refractivity contribution is -0.161. The quantitative estimate of drug-likeness (QED) is 0.0233. The minimum absolute atomic E-state index is 0.167. The molecule has 3 N–H and O–H groups in total. The summed E-state index contributed by atoms with van der Waals surface area (Å²) in [4.78, 5) is 35.2. The van der Waals surface area contributed by atoms with Crippen LogP contribution in [-0.4, -0.2) is 65.7 Å². The predicted octanol–water partition coefficient (Wildman–Crippen LogP) is 15.2. The number of ether oxygens (including phenoxy) is 2. The zero-order valence-corrected chi connectivity index (χ0v) is 42.6. The van der Waals surface area contributed by atoms with Gasteiger partial charge in [-0.25, -0.2) is 4.57 Å². The van der Waals surface area contributed by atoms with Crippen molar-refractivity contribution in [3.63, 3.8) is 0 Å². The Morgan fingerprint density at radius 3 is 1.25 bits per heavy atom. The number of allylic oxidation sites excluding steroid dienone is 8. The lowest BCUT2D eigenvalue weighted by Gasteiger charge is -2.20. The molecule has 11 heteroatoms. The summed E-state index contributed by atoms with van der Waals surface area (Å²) < 4.78 is 32.8. The summed E-state index contributed by atoms with van der Waals surface area (Å²) in [6, 6.07) is 0. The topological polar surface area (TPSA) is 149 Å². The smallest absolute Gasteiger partial charge is 0.462 e. The monoisotopic (exact) mass is 939 g/mol. The molecule has 0 saturated heterocycles. The van der Waals surface area contributed by atoms with E-state index in [9.17, 15) is 24.2 Å². The molecule has 380 valence electrons. The normalized spacial score (nSPS) is 14.0. The van der Waals surface area contributed by atoms with Crippen LogP contribution in [0.3, 0.4) is 0 Å². The summed E-state index contributed by atoms with van der Waals surface area (Å²) in [6.45, 7) is 2.36. The summed E-state index contributed by atoms with van der Waals surface area (Å²) in [7, 11) is -4.64. The van der Waals surface area contributed by atoms with Crippen LogP contribution in [0.5, 0.6) is 0 Å². The van der Waals surface area contributed by atoms with E-state index in [1.54, 1.807) is 0 Å². The average Bonchev–Trinajstić information content (AvgIpc) is 3.30. The number of aliphatic hydroxyl groups excluding tert-OH is 2. The van der Waals surface area contributed by atoms with Crippen molar-refractivity contribution in [2.24, 2.45) is 0 Å². The molecule has 0 fully saturated rings. The molecule has 0 heterocycles. The maximum Gasteiger partial charge on any atom is 0.472 e. The van der Waals surface area contributed by atoms with E-state index in [1.165, 1.54) is 161 Å². The molecule has 0 saturated carbocycles. The van der Waals surface area contributed by atoms with E-state index in [1.807, 2.05) is 6.08 Å². The van der Waals surface area contributed by atoms with Gasteiger partial charge in [-0.3, -0.25) is 18.6 Å². The highest BCUT2D eigenvalue weighted by Crippen LogP contribution is 2.43. The number of phosphoric acid groups is 1. The van der Waals surface area contributed by atoms with Gasteiger partial charge in [0.05, 0.1) is 19.8 Å². The molecule has 0 aromatic rings. The number of carbonyl (C=O) groups excluding carboxylic acids is 2. The van der Waals surface area contributed by atoms with Crippen molar-refractivity contribution in [3.8, 4) is 0 Å². The second-order valence-corrected chi connectivity index (χ2v) is 19.4. The Morgan fingerprint density at radius 2 is 0.815 bits per heavy atom. The molecule has 0 amide bonds. The molecule has 0 aliphatic heterocycles. The Hall–Kier alpha value is -2.07. The van der Waals surface area contributed by atoms with Gasteiger partial charge in [0.2, 0.25) is 0 Å². The first kappa shape index (κ1) is 62.9. The molecular formula is C54H99O10P. The van der Waals surface area contributed by atoms with Crippen LogP contribution in [0.25, 0.3) is 0 Å². The van der Waals surface area contributed by atoms with Crippen molar-refractivity contribution >= 4 is 19.8 Å². The summed E-state index contributed by atoms with van der Waals surface area (Å²) >= 11 is 0. The van der Waals surface area contributed by atoms with E-state index in [2.05, 4.69) is 56.4 Å². The molecule has 0 aromatic carbocycles. The molecule has 3 atom stereocenters. The minimum atomic E-state index is -4.64. The summed E-state index contributed by atoms with van der Waals surface area (Å²) in [5.74, 6) is -0.980. The van der Waals surface area contributed by atoms with Gasteiger partial charge in [-0.1, -0.05) is 229 Å². The van der Waals surface area contributed by atoms with Crippen molar-refractivity contribution < 1.29 is 47.8 Å². The molecule has 0 aliphatic carbocycles. The number of esters is 2. The first-order valence-corrected chi connectivity index (χ1v) is 28.1. The van der Waals surface area contributed by atoms with Crippen molar-refractivity contribution in [1.29, 1.82) is 0 Å². The van der Waals surface area contributed by atoms with Crippen LogP contribution in [0.15, 0.2) is 48.6 Å². The molecular weight excluding hydrogens is 840 g/mol. The van der Waals surface area contributed by atoms with Crippen molar-refractivity contribution in [3.05, 3.63) is 48.6 Å². The van der Waals surface area contributed by atoms with Gasteiger partial charge >= 0.3 is 19.8 Å². The van der Waals surface area contributed by atoms with Gasteiger partial charge < -0.3 is 24.6 Å². The van der Waals surface area contributed by atoms with Gasteiger partial charge in [0.15, 0.2) is 6.10 Å². The average molecular weight is 939 g/mol. The third-order valence-electron chi connectivity index (χ3n) is 11.5. The third-order valence-corrected chi connectivity index (χ3v) is 12.4. The highest BCUT2D eigenvalue weighted by atomic mass is 31.2. The second kappa shape index (κ2) is 49.8. The second-order valence-electron chi connectivity index (χ2n) is 17.9. The maximum absolute atomic E-state index is 12.7. The fraction of sp³-hybridized carbons (Fsp3) is 0.815. The van der Waals surface area contributed by atoms with Crippen LogP contribution >= 0.6 is 7.82 Å². The number of carbonyl (C=O) groups is 2. The lowest BCUT2D eigenvalue weighted by atomic mass is 10.0. The Bertz CT molecular complexity index is 1220. The molecule has 0 rings (SSSR count). The fourth-order valence-corrected chi connectivity index (χ4v) is 8.19. The summed E-state index contributed by atoms with van der Waals surface area (Å²) in [5.41, 5.74) is 0. The van der Waals surface area contributed by atoms with E-state index >= 15 is 0 Å². The van der Waals surface area contributed by atoms with Gasteiger partial charge in [0, 0.05) is 12.8 Å². The van der Waals surface area contributed by atoms with E-state index < -0.39 is 51.8 Å². The van der Waals surface area contributed by atoms with Crippen LogP contribution in [0.2, 0.25) is 0 Å². The van der Waals surface area contributed by atoms with Crippen LogP contribution in [-0.2, 0) is 32.7 Å². The maximum atomic E-state index is 12.7. The summed E-state index contributed by atoms with van der Waals surface area (Å²) in [5, 5.41) is 18.4. The van der Waals surface area contributed by atoms with E-state index in [0.29, 0.717) is 19.3 Å². The summed E-state index contributed by atoms with van der Waals surface area (Å²) in [6.07, 6.45) is 56.6. The zero-order valence-electron chi connectivity index (χ0n) is 41.7. The van der Waals surface area contributed by atoms with Gasteiger partial charge in [-0.2, -0.15) is 0 Å². The van der Waals surface area contributed by atoms with Crippen LogP contribution in [0.1, 0.15) is 245 Å². The number of phosphoric ester groups is 1. The zero-order chi connectivity index (χ0) is 47.6.